The van der Waals surface area contributed by atoms with Crippen LogP contribution in [0, 0.1) is 0 Å². The van der Waals surface area contributed by atoms with Gasteiger partial charge in [0.2, 0.25) is 0 Å². The fraction of sp³-hybridized carbons (Fsp3) is 0.750. The van der Waals surface area contributed by atoms with E-state index in [9.17, 15) is 0 Å². The van der Waals surface area contributed by atoms with Crippen molar-refractivity contribution < 1.29 is 9.84 Å². The topological polar surface area (TPSA) is 29.5 Å². The van der Waals surface area contributed by atoms with Crippen LogP contribution in [0.2, 0.25) is 0 Å². The summed E-state index contributed by atoms with van der Waals surface area (Å²) in [5.41, 5.74) is 0. The molecule has 1 unspecified atom stereocenters. The van der Waals surface area contributed by atoms with Gasteiger partial charge in [-0.25, -0.2) is 0 Å². The van der Waals surface area contributed by atoms with Gasteiger partial charge in [-0.3, -0.25) is 0 Å². The maximum atomic E-state index is 9.00. The highest BCUT2D eigenvalue weighted by Crippen LogP contribution is 1.98. The second-order valence-corrected chi connectivity index (χ2v) is 2.16. The van der Waals surface area contributed by atoms with E-state index in [-0.39, 0.29) is 0 Å². The van der Waals surface area contributed by atoms with E-state index in [1.807, 2.05) is 19.9 Å². The van der Waals surface area contributed by atoms with E-state index in [4.69, 9.17) is 9.84 Å². The lowest BCUT2D eigenvalue weighted by Gasteiger charge is -2.06. The molecule has 0 amide bonds. The van der Waals surface area contributed by atoms with Crippen LogP contribution in [0.15, 0.2) is 12.3 Å². The average molecular weight is 144 g/mol. The number of hydrogen-bond acceptors (Lipinski definition) is 2. The molecule has 0 aromatic carbocycles. The SMILES string of the molecule is CC/C=C\OC(O)CCC. The predicted octanol–water partition coefficient (Wildman–Crippen LogP) is 2.05. The van der Waals surface area contributed by atoms with Crippen molar-refractivity contribution >= 4 is 0 Å². The highest BCUT2D eigenvalue weighted by atomic mass is 16.6. The van der Waals surface area contributed by atoms with Crippen molar-refractivity contribution in [3.8, 4) is 0 Å². The first-order chi connectivity index (χ1) is 4.81. The van der Waals surface area contributed by atoms with Crippen molar-refractivity contribution in [2.75, 3.05) is 0 Å². The van der Waals surface area contributed by atoms with Crippen LogP contribution in [0.1, 0.15) is 33.1 Å². The van der Waals surface area contributed by atoms with Gasteiger partial charge in [0.1, 0.15) is 0 Å². The summed E-state index contributed by atoms with van der Waals surface area (Å²) in [6.07, 6.45) is 5.40. The van der Waals surface area contributed by atoms with Gasteiger partial charge >= 0.3 is 0 Å². The summed E-state index contributed by atoms with van der Waals surface area (Å²) in [6, 6.07) is 0. The van der Waals surface area contributed by atoms with Gasteiger partial charge in [0, 0.05) is 6.42 Å². The largest absolute Gasteiger partial charge is 0.473 e. The van der Waals surface area contributed by atoms with Gasteiger partial charge in [0.15, 0.2) is 6.29 Å². The summed E-state index contributed by atoms with van der Waals surface area (Å²) < 4.78 is 4.90. The van der Waals surface area contributed by atoms with Gasteiger partial charge in [-0.15, -0.1) is 0 Å². The van der Waals surface area contributed by atoms with Gasteiger partial charge in [-0.05, 0) is 12.5 Å². The van der Waals surface area contributed by atoms with Crippen LogP contribution in [0.4, 0.5) is 0 Å². The van der Waals surface area contributed by atoms with E-state index in [0.717, 1.165) is 12.8 Å². The van der Waals surface area contributed by atoms with Gasteiger partial charge in [0.25, 0.3) is 0 Å². The molecule has 0 spiro atoms. The Balaban J connectivity index is 3.20. The van der Waals surface area contributed by atoms with Crippen molar-refractivity contribution in [1.29, 1.82) is 0 Å². The third kappa shape index (κ3) is 5.63. The standard InChI is InChI=1S/C8H16O2/c1-3-5-7-10-8(9)6-4-2/h5,7-9H,3-4,6H2,1-2H3/b7-5-. The molecule has 0 saturated heterocycles. The van der Waals surface area contributed by atoms with Crippen molar-refractivity contribution in [3.63, 3.8) is 0 Å². The van der Waals surface area contributed by atoms with Crippen molar-refractivity contribution in [3.05, 3.63) is 12.3 Å². The van der Waals surface area contributed by atoms with Crippen molar-refractivity contribution in [2.45, 2.75) is 39.4 Å². The molecule has 0 saturated carbocycles. The fourth-order valence-corrected chi connectivity index (χ4v) is 0.557. The van der Waals surface area contributed by atoms with Crippen LogP contribution in [0.25, 0.3) is 0 Å². The van der Waals surface area contributed by atoms with E-state index in [1.165, 1.54) is 0 Å². The Kier molecular flexibility index (Phi) is 6.29. The predicted molar refractivity (Wildman–Crippen MR) is 41.4 cm³/mol. The molecule has 2 nitrogen and oxygen atoms in total. The minimum Gasteiger partial charge on any atom is -0.473 e. The van der Waals surface area contributed by atoms with Gasteiger partial charge in [0.05, 0.1) is 6.26 Å². The molecular weight excluding hydrogens is 128 g/mol. The Morgan fingerprint density at radius 1 is 1.50 bits per heavy atom. The molecule has 0 heterocycles. The smallest absolute Gasteiger partial charge is 0.196 e. The number of ether oxygens (including phenoxy) is 1. The van der Waals surface area contributed by atoms with Gasteiger partial charge < -0.3 is 9.84 Å². The molecule has 60 valence electrons. The lowest BCUT2D eigenvalue weighted by atomic mass is 10.3. The molecule has 0 radical (unpaired) electrons. The average Bonchev–Trinajstić information content (AvgIpc) is 1.89. The Hall–Kier alpha value is -0.500. The molecule has 0 fully saturated rings. The van der Waals surface area contributed by atoms with Crippen LogP contribution >= 0.6 is 0 Å². The highest BCUT2D eigenvalue weighted by Gasteiger charge is 1.97. The van der Waals surface area contributed by atoms with Crippen LogP contribution < -0.4 is 0 Å². The minimum absolute atomic E-state index is 0.618. The monoisotopic (exact) mass is 144 g/mol. The molecule has 0 aromatic rings. The van der Waals surface area contributed by atoms with E-state index in [2.05, 4.69) is 0 Å². The first-order valence-electron chi connectivity index (χ1n) is 3.79. The third-order valence-corrected chi connectivity index (χ3v) is 1.10. The maximum absolute atomic E-state index is 9.00. The first-order valence-corrected chi connectivity index (χ1v) is 3.79. The van der Waals surface area contributed by atoms with E-state index >= 15 is 0 Å². The quantitative estimate of drug-likeness (QED) is 0.472. The molecule has 0 rings (SSSR count). The summed E-state index contributed by atoms with van der Waals surface area (Å²) in [7, 11) is 0. The molecular formula is C8H16O2. The fourth-order valence-electron chi connectivity index (χ4n) is 0.557. The van der Waals surface area contributed by atoms with Crippen molar-refractivity contribution in [2.24, 2.45) is 0 Å². The lowest BCUT2D eigenvalue weighted by molar-refractivity contribution is -0.0564. The molecule has 1 atom stereocenters. The van der Waals surface area contributed by atoms with Gasteiger partial charge in [-0.2, -0.15) is 0 Å². The molecule has 0 bridgehead atoms. The molecule has 2 heteroatoms. The molecule has 0 aliphatic heterocycles. The zero-order valence-corrected chi connectivity index (χ0v) is 6.71. The lowest BCUT2D eigenvalue weighted by Crippen LogP contribution is -2.06. The van der Waals surface area contributed by atoms with Crippen LogP contribution in [-0.2, 0) is 4.74 Å². The Bertz CT molecular complexity index is 89.3. The summed E-state index contributed by atoms with van der Waals surface area (Å²) in [5, 5.41) is 9.00. The number of rotatable bonds is 5. The molecule has 0 aliphatic rings. The summed E-state index contributed by atoms with van der Waals surface area (Å²) in [6.45, 7) is 4.03. The van der Waals surface area contributed by atoms with Crippen LogP contribution in [0.5, 0.6) is 0 Å². The highest BCUT2D eigenvalue weighted by molar-refractivity contribution is 4.70. The maximum Gasteiger partial charge on any atom is 0.196 e. The number of hydrogen-bond donors (Lipinski definition) is 1. The Morgan fingerprint density at radius 3 is 2.70 bits per heavy atom. The van der Waals surface area contributed by atoms with E-state index < -0.39 is 6.29 Å². The summed E-state index contributed by atoms with van der Waals surface area (Å²) in [5.74, 6) is 0. The number of allylic oxidation sites excluding steroid dienone is 1. The Labute approximate surface area is 62.5 Å². The van der Waals surface area contributed by atoms with Gasteiger partial charge in [-0.1, -0.05) is 20.3 Å². The second kappa shape index (κ2) is 6.62. The normalized spacial score (nSPS) is 13.9. The zero-order valence-electron chi connectivity index (χ0n) is 6.71. The van der Waals surface area contributed by atoms with Crippen LogP contribution in [-0.4, -0.2) is 11.4 Å². The molecule has 0 aliphatic carbocycles. The molecule has 1 N–H and O–H groups in total. The Morgan fingerprint density at radius 2 is 2.20 bits per heavy atom. The number of aliphatic hydroxyl groups excluding tert-OH is 1. The minimum atomic E-state index is -0.618. The van der Waals surface area contributed by atoms with Crippen molar-refractivity contribution in [1.82, 2.24) is 0 Å². The first kappa shape index (κ1) is 9.50. The van der Waals surface area contributed by atoms with Crippen LogP contribution in [0.3, 0.4) is 0 Å². The molecule has 10 heavy (non-hydrogen) atoms. The zero-order chi connectivity index (χ0) is 7.82. The molecule has 0 aromatic heterocycles. The van der Waals surface area contributed by atoms with E-state index in [1.54, 1.807) is 6.26 Å². The summed E-state index contributed by atoms with van der Waals surface area (Å²) >= 11 is 0. The third-order valence-electron chi connectivity index (χ3n) is 1.10. The number of aliphatic hydroxyl groups is 1. The second-order valence-electron chi connectivity index (χ2n) is 2.16. The van der Waals surface area contributed by atoms with E-state index in [0.29, 0.717) is 6.42 Å². The summed E-state index contributed by atoms with van der Waals surface area (Å²) in [4.78, 5) is 0.